The second-order valence-electron chi connectivity index (χ2n) is 2.69. The second kappa shape index (κ2) is 4.47. The molecule has 1 N–H and O–H groups in total. The highest BCUT2D eigenvalue weighted by molar-refractivity contribution is 4.75. The molecule has 0 radical (unpaired) electrons. The Hall–Kier alpha value is -0.340. The highest BCUT2D eigenvalue weighted by atomic mass is 15.1. The molecular weight excluding hydrogens is 124 g/mol. The van der Waals surface area contributed by atoms with Crippen molar-refractivity contribution in [2.24, 2.45) is 0 Å². The zero-order valence-electron chi connectivity index (χ0n) is 6.47. The van der Waals surface area contributed by atoms with Crippen molar-refractivity contribution in [1.82, 2.24) is 10.2 Å². The van der Waals surface area contributed by atoms with Crippen LogP contribution in [0.25, 0.3) is 0 Å². The predicted octanol–water partition coefficient (Wildman–Crippen LogP) is 0.468. The van der Waals surface area contributed by atoms with Crippen LogP contribution in [-0.4, -0.2) is 37.6 Å². The van der Waals surface area contributed by atoms with E-state index in [4.69, 9.17) is 0 Å². The standard InChI is InChI=1S/C8H16N2/c1-2-6-10-7-3-4-9-5-8-10/h2,9H,1,3-8H2. The van der Waals surface area contributed by atoms with Crippen LogP contribution in [0.4, 0.5) is 0 Å². The Morgan fingerprint density at radius 1 is 1.40 bits per heavy atom. The molecular formula is C8H16N2. The molecule has 0 aromatic heterocycles. The van der Waals surface area contributed by atoms with Crippen LogP contribution >= 0.6 is 0 Å². The minimum Gasteiger partial charge on any atom is -0.315 e. The minimum absolute atomic E-state index is 1.04. The first-order chi connectivity index (χ1) is 4.93. The topological polar surface area (TPSA) is 15.3 Å². The van der Waals surface area contributed by atoms with E-state index >= 15 is 0 Å². The van der Waals surface area contributed by atoms with Gasteiger partial charge in [-0.2, -0.15) is 0 Å². The summed E-state index contributed by atoms with van der Waals surface area (Å²) in [7, 11) is 0. The van der Waals surface area contributed by atoms with Crippen molar-refractivity contribution in [2.45, 2.75) is 6.42 Å². The molecule has 0 saturated carbocycles. The third-order valence-electron chi connectivity index (χ3n) is 1.82. The zero-order chi connectivity index (χ0) is 7.23. The van der Waals surface area contributed by atoms with Crippen molar-refractivity contribution in [3.05, 3.63) is 12.7 Å². The van der Waals surface area contributed by atoms with Crippen molar-refractivity contribution in [3.8, 4) is 0 Å². The van der Waals surface area contributed by atoms with E-state index in [0.29, 0.717) is 0 Å². The van der Waals surface area contributed by atoms with Gasteiger partial charge in [0.05, 0.1) is 0 Å². The number of nitrogens with zero attached hydrogens (tertiary/aromatic N) is 1. The Balaban J connectivity index is 2.21. The average molecular weight is 140 g/mol. The molecule has 0 spiro atoms. The van der Waals surface area contributed by atoms with E-state index in [-0.39, 0.29) is 0 Å². The van der Waals surface area contributed by atoms with Gasteiger partial charge < -0.3 is 5.32 Å². The lowest BCUT2D eigenvalue weighted by molar-refractivity contribution is 0.324. The third kappa shape index (κ3) is 2.50. The summed E-state index contributed by atoms with van der Waals surface area (Å²) in [6.07, 6.45) is 3.25. The summed E-state index contributed by atoms with van der Waals surface area (Å²) in [5.74, 6) is 0. The number of rotatable bonds is 2. The van der Waals surface area contributed by atoms with Gasteiger partial charge in [0.2, 0.25) is 0 Å². The molecule has 0 aromatic rings. The molecule has 0 bridgehead atoms. The zero-order valence-corrected chi connectivity index (χ0v) is 6.47. The molecule has 1 aliphatic rings. The highest BCUT2D eigenvalue weighted by Crippen LogP contribution is 1.93. The van der Waals surface area contributed by atoms with E-state index < -0.39 is 0 Å². The lowest BCUT2D eigenvalue weighted by Gasteiger charge is -2.16. The Morgan fingerprint density at radius 3 is 3.10 bits per heavy atom. The maximum absolute atomic E-state index is 3.72. The summed E-state index contributed by atoms with van der Waals surface area (Å²) in [6.45, 7) is 9.47. The minimum atomic E-state index is 1.04. The predicted molar refractivity (Wildman–Crippen MR) is 44.1 cm³/mol. The molecule has 1 heterocycles. The van der Waals surface area contributed by atoms with Gasteiger partial charge in [0.15, 0.2) is 0 Å². The van der Waals surface area contributed by atoms with E-state index in [0.717, 1.165) is 13.1 Å². The van der Waals surface area contributed by atoms with Gasteiger partial charge >= 0.3 is 0 Å². The SMILES string of the molecule is C=CCN1CCCNCC1. The number of hydrogen-bond acceptors (Lipinski definition) is 2. The molecule has 0 unspecified atom stereocenters. The van der Waals surface area contributed by atoms with E-state index in [1.54, 1.807) is 0 Å². The number of hydrogen-bond donors (Lipinski definition) is 1. The molecule has 0 aliphatic carbocycles. The summed E-state index contributed by atoms with van der Waals surface area (Å²) >= 11 is 0. The normalized spacial score (nSPS) is 22.0. The highest BCUT2D eigenvalue weighted by Gasteiger charge is 2.04. The van der Waals surface area contributed by atoms with Gasteiger partial charge in [0, 0.05) is 19.6 Å². The molecule has 0 atom stereocenters. The fraction of sp³-hybridized carbons (Fsp3) is 0.750. The van der Waals surface area contributed by atoms with Crippen LogP contribution in [0.1, 0.15) is 6.42 Å². The molecule has 1 rings (SSSR count). The Kier molecular flexibility index (Phi) is 3.47. The van der Waals surface area contributed by atoms with Crippen LogP contribution in [0.15, 0.2) is 12.7 Å². The largest absolute Gasteiger partial charge is 0.315 e. The van der Waals surface area contributed by atoms with Crippen LogP contribution in [0.5, 0.6) is 0 Å². The van der Waals surface area contributed by atoms with E-state index in [1.165, 1.54) is 26.1 Å². The lowest BCUT2D eigenvalue weighted by atomic mass is 10.4. The van der Waals surface area contributed by atoms with Crippen molar-refractivity contribution in [2.75, 3.05) is 32.7 Å². The van der Waals surface area contributed by atoms with E-state index in [9.17, 15) is 0 Å². The fourth-order valence-electron chi connectivity index (χ4n) is 1.27. The van der Waals surface area contributed by atoms with Gasteiger partial charge in [-0.1, -0.05) is 6.08 Å². The maximum atomic E-state index is 3.72. The molecule has 1 aliphatic heterocycles. The van der Waals surface area contributed by atoms with E-state index in [2.05, 4.69) is 16.8 Å². The maximum Gasteiger partial charge on any atom is 0.0161 e. The van der Waals surface area contributed by atoms with E-state index in [1.807, 2.05) is 6.08 Å². The monoisotopic (exact) mass is 140 g/mol. The molecule has 58 valence electrons. The van der Waals surface area contributed by atoms with Gasteiger partial charge in [0.1, 0.15) is 0 Å². The van der Waals surface area contributed by atoms with Crippen LogP contribution in [0, 0.1) is 0 Å². The smallest absolute Gasteiger partial charge is 0.0161 e. The summed E-state index contributed by atoms with van der Waals surface area (Å²) in [6, 6.07) is 0. The summed E-state index contributed by atoms with van der Waals surface area (Å²) in [5.41, 5.74) is 0. The van der Waals surface area contributed by atoms with Crippen LogP contribution < -0.4 is 5.32 Å². The first-order valence-electron chi connectivity index (χ1n) is 3.97. The lowest BCUT2D eigenvalue weighted by Crippen LogP contribution is -2.27. The second-order valence-corrected chi connectivity index (χ2v) is 2.69. The average Bonchev–Trinajstić information content (AvgIpc) is 2.17. The summed E-state index contributed by atoms with van der Waals surface area (Å²) < 4.78 is 0. The Morgan fingerprint density at radius 2 is 2.30 bits per heavy atom. The number of nitrogens with one attached hydrogen (secondary N) is 1. The Labute approximate surface area is 62.9 Å². The van der Waals surface area contributed by atoms with Gasteiger partial charge in [-0.15, -0.1) is 6.58 Å². The summed E-state index contributed by atoms with van der Waals surface area (Å²) in [5, 5.41) is 3.36. The third-order valence-corrected chi connectivity index (χ3v) is 1.82. The fourth-order valence-corrected chi connectivity index (χ4v) is 1.27. The van der Waals surface area contributed by atoms with Gasteiger partial charge in [-0.25, -0.2) is 0 Å². The molecule has 1 fully saturated rings. The van der Waals surface area contributed by atoms with Crippen LogP contribution in [-0.2, 0) is 0 Å². The van der Waals surface area contributed by atoms with Gasteiger partial charge in [-0.3, -0.25) is 4.90 Å². The molecule has 2 nitrogen and oxygen atoms in total. The van der Waals surface area contributed by atoms with Crippen molar-refractivity contribution >= 4 is 0 Å². The van der Waals surface area contributed by atoms with Gasteiger partial charge in [-0.05, 0) is 19.5 Å². The summed E-state index contributed by atoms with van der Waals surface area (Å²) in [4.78, 5) is 2.42. The molecule has 0 amide bonds. The van der Waals surface area contributed by atoms with Crippen molar-refractivity contribution < 1.29 is 0 Å². The van der Waals surface area contributed by atoms with Crippen molar-refractivity contribution in [3.63, 3.8) is 0 Å². The Bertz CT molecular complexity index is 93.4. The van der Waals surface area contributed by atoms with Crippen LogP contribution in [0.3, 0.4) is 0 Å². The van der Waals surface area contributed by atoms with Crippen LogP contribution in [0.2, 0.25) is 0 Å². The first kappa shape index (κ1) is 7.76. The first-order valence-corrected chi connectivity index (χ1v) is 3.97. The molecule has 2 heteroatoms. The quantitative estimate of drug-likeness (QED) is 0.561. The van der Waals surface area contributed by atoms with Gasteiger partial charge in [0.25, 0.3) is 0 Å². The molecule has 1 saturated heterocycles. The van der Waals surface area contributed by atoms with Crippen molar-refractivity contribution in [1.29, 1.82) is 0 Å². The molecule has 10 heavy (non-hydrogen) atoms. The molecule has 0 aromatic carbocycles.